The molecule has 3 nitrogen and oxygen atoms in total. The molecule has 0 unspecified atom stereocenters. The van der Waals surface area contributed by atoms with Gasteiger partial charge in [-0.2, -0.15) is 0 Å². The average Bonchev–Trinajstić information content (AvgIpc) is 1.33. The molecule has 0 aromatic carbocycles. The summed E-state index contributed by atoms with van der Waals surface area (Å²) in [5.74, 6) is 0. The molecule has 44 valence electrons. The van der Waals surface area contributed by atoms with Crippen LogP contribution in [0, 0.1) is 0 Å². The molecule has 3 heteroatoms. The van der Waals surface area contributed by atoms with Crippen molar-refractivity contribution in [3.05, 3.63) is 0 Å². The van der Waals surface area contributed by atoms with Crippen molar-refractivity contribution in [3.63, 3.8) is 0 Å². The molecule has 0 aromatic rings. The van der Waals surface area contributed by atoms with E-state index in [1.54, 1.807) is 0 Å². The first-order valence-electron chi connectivity index (χ1n) is 2.03. The maximum Gasteiger partial charge on any atom is -0.0431 e. The van der Waals surface area contributed by atoms with E-state index in [1.807, 2.05) is 0 Å². The van der Waals surface area contributed by atoms with Crippen LogP contribution in [0.3, 0.4) is 0 Å². The fourth-order valence-electron chi connectivity index (χ4n) is 0. The van der Waals surface area contributed by atoms with E-state index < -0.39 is 6.16 Å². The van der Waals surface area contributed by atoms with Crippen LogP contribution < -0.4 is 10.2 Å². The summed E-state index contributed by atoms with van der Waals surface area (Å²) in [6.45, 7) is 4.25. The van der Waals surface area contributed by atoms with Gasteiger partial charge in [0.2, 0.25) is 0 Å². The number of hydrogen-bond acceptors (Lipinski definition) is 3. The minimum absolute atomic E-state index is 1.25. The highest BCUT2D eigenvalue weighted by Gasteiger charge is 1.35. The third kappa shape index (κ3) is 106. The Labute approximate surface area is 42.6 Å². The van der Waals surface area contributed by atoms with Gasteiger partial charge in [0.15, 0.2) is 0 Å². The van der Waals surface area contributed by atoms with Gasteiger partial charge in [0.25, 0.3) is 0 Å². The van der Waals surface area contributed by atoms with Crippen LogP contribution in [0.1, 0.15) is 20.3 Å². The van der Waals surface area contributed by atoms with Crippen LogP contribution in [0.25, 0.3) is 0 Å². The van der Waals surface area contributed by atoms with Crippen LogP contribution in [0.4, 0.5) is 4.79 Å². The van der Waals surface area contributed by atoms with Crippen molar-refractivity contribution < 1.29 is 15.0 Å². The van der Waals surface area contributed by atoms with Crippen molar-refractivity contribution in [2.75, 3.05) is 0 Å². The lowest BCUT2D eigenvalue weighted by Gasteiger charge is -1.96. The SMILES string of the molecule is CCC.O=C([O-])[O-]. The fourth-order valence-corrected chi connectivity index (χ4v) is 0. The Morgan fingerprint density at radius 2 is 1.43 bits per heavy atom. The third-order valence-electron chi connectivity index (χ3n) is 0. The monoisotopic (exact) mass is 104 g/mol. The van der Waals surface area contributed by atoms with Gasteiger partial charge in [-0.1, -0.05) is 20.3 Å². The van der Waals surface area contributed by atoms with Crippen molar-refractivity contribution in [1.82, 2.24) is 0 Å². The minimum atomic E-state index is -2.33. The van der Waals surface area contributed by atoms with Crippen LogP contribution in [0.5, 0.6) is 0 Å². The quantitative estimate of drug-likeness (QED) is 0.394. The fraction of sp³-hybridized carbons (Fsp3) is 0.750. The summed E-state index contributed by atoms with van der Waals surface area (Å²) >= 11 is 0. The van der Waals surface area contributed by atoms with Crippen molar-refractivity contribution in [1.29, 1.82) is 0 Å². The van der Waals surface area contributed by atoms with Gasteiger partial charge in [0.1, 0.15) is 0 Å². The molecule has 0 bridgehead atoms. The first-order chi connectivity index (χ1) is 3.15. The van der Waals surface area contributed by atoms with E-state index in [1.165, 1.54) is 6.42 Å². The summed E-state index contributed by atoms with van der Waals surface area (Å²) in [6.07, 6.45) is -1.08. The molecular weight excluding hydrogens is 96.0 g/mol. The molecule has 0 saturated carbocycles. The van der Waals surface area contributed by atoms with Crippen LogP contribution in [-0.2, 0) is 0 Å². The molecule has 0 N–H and O–H groups in total. The van der Waals surface area contributed by atoms with Gasteiger partial charge in [-0.25, -0.2) is 0 Å². The summed E-state index contributed by atoms with van der Waals surface area (Å²) in [7, 11) is 0. The molecule has 0 aliphatic heterocycles. The standard InChI is InChI=1S/C3H8.CH2O3/c1-3-2;2-1(3)4/h3H2,1-2H3;(H2,2,3,4)/p-2. The molecule has 0 aliphatic carbocycles. The molecule has 0 aromatic heterocycles. The van der Waals surface area contributed by atoms with Gasteiger partial charge in [-0.3, -0.25) is 0 Å². The summed E-state index contributed by atoms with van der Waals surface area (Å²) < 4.78 is 0. The van der Waals surface area contributed by atoms with E-state index in [-0.39, 0.29) is 0 Å². The van der Waals surface area contributed by atoms with Gasteiger partial charge in [-0.15, -0.1) is 0 Å². The number of rotatable bonds is 0. The van der Waals surface area contributed by atoms with Gasteiger partial charge in [0, 0.05) is 0 Å². The van der Waals surface area contributed by atoms with E-state index in [0.29, 0.717) is 0 Å². The van der Waals surface area contributed by atoms with Gasteiger partial charge >= 0.3 is 0 Å². The second-order valence-corrected chi connectivity index (χ2v) is 0.957. The van der Waals surface area contributed by atoms with Gasteiger partial charge < -0.3 is 15.0 Å². The topological polar surface area (TPSA) is 63.2 Å². The third-order valence-corrected chi connectivity index (χ3v) is 0. The Hall–Kier alpha value is -0.730. The number of carbonyl (C=O) groups excluding carboxylic acids is 1. The summed E-state index contributed by atoms with van der Waals surface area (Å²) in [5, 5.41) is 16.7. The Morgan fingerprint density at radius 3 is 1.43 bits per heavy atom. The van der Waals surface area contributed by atoms with Crippen LogP contribution in [0.2, 0.25) is 0 Å². The van der Waals surface area contributed by atoms with E-state index in [0.717, 1.165) is 0 Å². The number of carboxylic acid groups (broad SMARTS) is 2. The zero-order valence-corrected chi connectivity index (χ0v) is 4.43. The Morgan fingerprint density at radius 1 is 1.43 bits per heavy atom. The maximum absolute atomic E-state index is 8.33. The first-order valence-corrected chi connectivity index (χ1v) is 2.03. The molecule has 0 amide bonds. The molecule has 0 rings (SSSR count). The highest BCUT2D eigenvalue weighted by molar-refractivity contribution is 5.47. The molecule has 0 spiro atoms. The summed E-state index contributed by atoms with van der Waals surface area (Å²) in [5.41, 5.74) is 0. The molecule has 0 aliphatic rings. The molecule has 7 heavy (non-hydrogen) atoms. The second kappa shape index (κ2) is 8.99. The lowest BCUT2D eigenvalue weighted by Crippen LogP contribution is -2.37. The van der Waals surface area contributed by atoms with E-state index in [9.17, 15) is 0 Å². The predicted molar refractivity (Wildman–Crippen MR) is 21.4 cm³/mol. The second-order valence-electron chi connectivity index (χ2n) is 0.957. The van der Waals surface area contributed by atoms with Crippen molar-refractivity contribution in [2.24, 2.45) is 0 Å². The maximum atomic E-state index is 8.33. The van der Waals surface area contributed by atoms with E-state index >= 15 is 0 Å². The zero-order chi connectivity index (χ0) is 6.28. The lowest BCUT2D eigenvalue weighted by molar-refractivity contribution is -0.415. The highest BCUT2D eigenvalue weighted by atomic mass is 16.6. The van der Waals surface area contributed by atoms with Crippen molar-refractivity contribution >= 4 is 6.16 Å². The van der Waals surface area contributed by atoms with Crippen molar-refractivity contribution in [3.8, 4) is 0 Å². The Balaban J connectivity index is 0. The molecular formula is C4H8O3-2. The molecule has 0 atom stereocenters. The smallest absolute Gasteiger partial charge is 0.0431 e. The Kier molecular flexibility index (Phi) is 12.3. The summed E-state index contributed by atoms with van der Waals surface area (Å²) in [6, 6.07) is 0. The number of carbonyl (C=O) groups is 1. The first kappa shape index (κ1) is 9.55. The van der Waals surface area contributed by atoms with Gasteiger partial charge in [0.05, 0.1) is 0 Å². The van der Waals surface area contributed by atoms with Crippen LogP contribution in [0.15, 0.2) is 0 Å². The molecule has 0 radical (unpaired) electrons. The molecule has 0 saturated heterocycles. The summed E-state index contributed by atoms with van der Waals surface area (Å²) in [4.78, 5) is 8.33. The lowest BCUT2D eigenvalue weighted by atomic mass is 10.6. The zero-order valence-electron chi connectivity index (χ0n) is 4.43. The van der Waals surface area contributed by atoms with E-state index in [4.69, 9.17) is 15.0 Å². The van der Waals surface area contributed by atoms with Crippen LogP contribution in [-0.4, -0.2) is 6.16 Å². The molecule has 0 fully saturated rings. The van der Waals surface area contributed by atoms with E-state index in [2.05, 4.69) is 13.8 Å². The van der Waals surface area contributed by atoms with Crippen molar-refractivity contribution in [2.45, 2.75) is 20.3 Å². The number of hydrogen-bond donors (Lipinski definition) is 0. The minimum Gasteiger partial charge on any atom is -0.652 e. The van der Waals surface area contributed by atoms with Gasteiger partial charge in [-0.05, 0) is 6.16 Å². The highest BCUT2D eigenvalue weighted by Crippen LogP contribution is 1.56. The predicted octanol–water partition coefficient (Wildman–Crippen LogP) is -1.03. The molecule has 0 heterocycles. The average molecular weight is 104 g/mol. The van der Waals surface area contributed by atoms with Crippen LogP contribution >= 0.6 is 0 Å². The normalized spacial score (nSPS) is 6.00. The largest absolute Gasteiger partial charge is 0.652 e. The Bertz CT molecular complexity index is 38.2.